The molecule has 0 atom stereocenters. The Hall–Kier alpha value is -3.47. The van der Waals surface area contributed by atoms with Crippen molar-refractivity contribution in [2.75, 3.05) is 42.3 Å². The van der Waals surface area contributed by atoms with E-state index >= 15 is 0 Å². The van der Waals surface area contributed by atoms with E-state index in [0.29, 0.717) is 49.3 Å². The fraction of sp³-hybridized carbons (Fsp3) is 0.263. The predicted molar refractivity (Wildman–Crippen MR) is 105 cm³/mol. The summed E-state index contributed by atoms with van der Waals surface area (Å²) in [6, 6.07) is 6.19. The highest BCUT2D eigenvalue weighted by molar-refractivity contribution is 5.69. The SMILES string of the molecule is Nc1ccc(-c2cc(Nc3ccncc3C(F)(F)F)nc(N3CCOCC3)n2)cn1. The molecule has 0 saturated carbocycles. The number of hydrogen-bond acceptors (Lipinski definition) is 8. The van der Waals surface area contributed by atoms with Crippen molar-refractivity contribution in [3.05, 3.63) is 48.4 Å². The minimum atomic E-state index is -4.56. The molecule has 0 unspecified atom stereocenters. The molecule has 4 rings (SSSR count). The van der Waals surface area contributed by atoms with Crippen LogP contribution in [0.3, 0.4) is 0 Å². The Labute approximate surface area is 170 Å². The first kappa shape index (κ1) is 19.8. The molecule has 0 spiro atoms. The van der Waals surface area contributed by atoms with E-state index in [-0.39, 0.29) is 11.5 Å². The molecule has 1 fully saturated rings. The van der Waals surface area contributed by atoms with Crippen LogP contribution in [0.2, 0.25) is 0 Å². The van der Waals surface area contributed by atoms with E-state index in [1.165, 1.54) is 12.3 Å². The summed E-state index contributed by atoms with van der Waals surface area (Å²) < 4.78 is 45.4. The molecule has 0 bridgehead atoms. The van der Waals surface area contributed by atoms with Gasteiger partial charge in [-0.3, -0.25) is 4.98 Å². The molecule has 8 nitrogen and oxygen atoms in total. The number of ether oxygens (including phenoxy) is 1. The zero-order chi connectivity index (χ0) is 21.1. The Morgan fingerprint density at radius 3 is 2.57 bits per heavy atom. The first-order chi connectivity index (χ1) is 14.4. The number of rotatable bonds is 4. The number of alkyl halides is 3. The van der Waals surface area contributed by atoms with Crippen LogP contribution in [0.25, 0.3) is 11.3 Å². The van der Waals surface area contributed by atoms with Crippen molar-refractivity contribution in [1.82, 2.24) is 19.9 Å². The summed E-state index contributed by atoms with van der Waals surface area (Å²) in [4.78, 5) is 18.6. The summed E-state index contributed by atoms with van der Waals surface area (Å²) in [5.41, 5.74) is 5.79. The first-order valence-electron chi connectivity index (χ1n) is 9.12. The molecule has 3 aromatic heterocycles. The summed E-state index contributed by atoms with van der Waals surface area (Å²) in [5, 5.41) is 2.77. The van der Waals surface area contributed by atoms with E-state index in [4.69, 9.17) is 10.5 Å². The van der Waals surface area contributed by atoms with Crippen molar-refractivity contribution in [2.45, 2.75) is 6.18 Å². The molecular formula is C19H18F3N7O. The molecule has 1 aliphatic heterocycles. The van der Waals surface area contributed by atoms with Crippen LogP contribution in [-0.4, -0.2) is 46.2 Å². The maximum atomic E-state index is 13.3. The number of anilines is 4. The Morgan fingerprint density at radius 2 is 1.87 bits per heavy atom. The number of hydrogen-bond donors (Lipinski definition) is 2. The quantitative estimate of drug-likeness (QED) is 0.668. The van der Waals surface area contributed by atoms with Crippen molar-refractivity contribution >= 4 is 23.3 Å². The molecule has 3 N–H and O–H groups in total. The van der Waals surface area contributed by atoms with Crippen LogP contribution in [-0.2, 0) is 10.9 Å². The summed E-state index contributed by atoms with van der Waals surface area (Å²) in [6.45, 7) is 2.18. The van der Waals surface area contributed by atoms with Crippen molar-refractivity contribution < 1.29 is 17.9 Å². The van der Waals surface area contributed by atoms with Gasteiger partial charge in [-0.05, 0) is 18.2 Å². The van der Waals surface area contributed by atoms with Crippen molar-refractivity contribution in [3.63, 3.8) is 0 Å². The van der Waals surface area contributed by atoms with Gasteiger partial charge in [0.2, 0.25) is 5.95 Å². The van der Waals surface area contributed by atoms with Gasteiger partial charge >= 0.3 is 6.18 Å². The Kier molecular flexibility index (Phi) is 5.36. The van der Waals surface area contributed by atoms with Crippen molar-refractivity contribution in [3.8, 4) is 11.3 Å². The number of morpholine rings is 1. The average Bonchev–Trinajstić information content (AvgIpc) is 2.74. The third kappa shape index (κ3) is 4.40. The Bertz CT molecular complexity index is 1020. The van der Waals surface area contributed by atoms with Gasteiger partial charge in [-0.1, -0.05) is 0 Å². The molecule has 0 radical (unpaired) electrons. The van der Waals surface area contributed by atoms with E-state index in [1.54, 1.807) is 24.4 Å². The third-order valence-electron chi connectivity index (χ3n) is 4.48. The van der Waals surface area contributed by atoms with E-state index in [0.717, 1.165) is 6.20 Å². The lowest BCUT2D eigenvalue weighted by atomic mass is 10.2. The number of nitrogen functional groups attached to an aromatic ring is 1. The van der Waals surface area contributed by atoms with Crippen LogP contribution in [0.1, 0.15) is 5.56 Å². The number of nitrogens with one attached hydrogen (secondary N) is 1. The van der Waals surface area contributed by atoms with E-state index < -0.39 is 11.7 Å². The first-order valence-corrected chi connectivity index (χ1v) is 9.12. The predicted octanol–water partition coefficient (Wildman–Crippen LogP) is 3.11. The second-order valence-corrected chi connectivity index (χ2v) is 6.55. The summed E-state index contributed by atoms with van der Waals surface area (Å²) in [5.74, 6) is 0.957. The molecule has 30 heavy (non-hydrogen) atoms. The fourth-order valence-electron chi connectivity index (χ4n) is 2.98. The molecule has 1 saturated heterocycles. The summed E-state index contributed by atoms with van der Waals surface area (Å²) in [6.07, 6.45) is -0.942. The van der Waals surface area contributed by atoms with Gasteiger partial charge in [0.25, 0.3) is 0 Å². The highest BCUT2D eigenvalue weighted by atomic mass is 19.4. The molecule has 1 aliphatic rings. The normalized spacial score (nSPS) is 14.6. The third-order valence-corrected chi connectivity index (χ3v) is 4.48. The van der Waals surface area contributed by atoms with Gasteiger partial charge in [0, 0.05) is 43.3 Å². The molecule has 0 aromatic carbocycles. The lowest BCUT2D eigenvalue weighted by Crippen LogP contribution is -2.37. The number of nitrogens with zero attached hydrogens (tertiary/aromatic N) is 5. The number of pyridine rings is 2. The minimum absolute atomic E-state index is 0.148. The zero-order valence-electron chi connectivity index (χ0n) is 15.7. The van der Waals surface area contributed by atoms with Gasteiger partial charge in [-0.25, -0.2) is 9.97 Å². The molecule has 0 amide bonds. The van der Waals surface area contributed by atoms with Gasteiger partial charge in [0.1, 0.15) is 11.6 Å². The van der Waals surface area contributed by atoms with Crippen LogP contribution in [0.5, 0.6) is 0 Å². The largest absolute Gasteiger partial charge is 0.419 e. The van der Waals surface area contributed by atoms with Crippen molar-refractivity contribution in [1.29, 1.82) is 0 Å². The average molecular weight is 417 g/mol. The van der Waals surface area contributed by atoms with E-state index in [1.807, 2.05) is 4.90 Å². The minimum Gasteiger partial charge on any atom is -0.384 e. The van der Waals surface area contributed by atoms with Gasteiger partial charge in [-0.15, -0.1) is 0 Å². The monoisotopic (exact) mass is 417 g/mol. The lowest BCUT2D eigenvalue weighted by molar-refractivity contribution is -0.137. The standard InChI is InChI=1S/C19H18F3N7O/c20-19(21,22)13-11-24-4-3-14(13)26-17-9-15(12-1-2-16(23)25-10-12)27-18(28-17)29-5-7-30-8-6-29/h1-4,9-11H,5-8H2,(H2,23,25)(H,24,26,27,28). The van der Waals surface area contributed by atoms with Crippen LogP contribution < -0.4 is 16.0 Å². The van der Waals surface area contributed by atoms with Crippen LogP contribution in [0.15, 0.2) is 42.9 Å². The Morgan fingerprint density at radius 1 is 1.07 bits per heavy atom. The summed E-state index contributed by atoms with van der Waals surface area (Å²) in [7, 11) is 0. The second kappa shape index (κ2) is 8.11. The lowest BCUT2D eigenvalue weighted by Gasteiger charge is -2.27. The fourth-order valence-corrected chi connectivity index (χ4v) is 2.98. The molecule has 156 valence electrons. The van der Waals surface area contributed by atoms with Crippen LogP contribution >= 0.6 is 0 Å². The van der Waals surface area contributed by atoms with Gasteiger partial charge in [-0.2, -0.15) is 18.2 Å². The topological polar surface area (TPSA) is 102 Å². The number of aromatic nitrogens is 4. The molecule has 4 heterocycles. The highest BCUT2D eigenvalue weighted by Gasteiger charge is 2.34. The van der Waals surface area contributed by atoms with Gasteiger partial charge < -0.3 is 20.7 Å². The number of halogens is 3. The number of nitrogens with two attached hydrogens (primary N) is 1. The Balaban J connectivity index is 1.75. The van der Waals surface area contributed by atoms with Gasteiger partial charge in [0.05, 0.1) is 30.2 Å². The zero-order valence-corrected chi connectivity index (χ0v) is 15.7. The van der Waals surface area contributed by atoms with E-state index in [2.05, 4.69) is 25.3 Å². The molecular weight excluding hydrogens is 399 g/mol. The van der Waals surface area contributed by atoms with Crippen LogP contribution in [0, 0.1) is 0 Å². The maximum Gasteiger partial charge on any atom is 0.419 e. The smallest absolute Gasteiger partial charge is 0.384 e. The molecule has 0 aliphatic carbocycles. The molecule has 11 heteroatoms. The van der Waals surface area contributed by atoms with Crippen molar-refractivity contribution in [2.24, 2.45) is 0 Å². The highest BCUT2D eigenvalue weighted by Crippen LogP contribution is 2.35. The van der Waals surface area contributed by atoms with Crippen LogP contribution in [0.4, 0.5) is 36.4 Å². The van der Waals surface area contributed by atoms with Gasteiger partial charge in [0.15, 0.2) is 0 Å². The maximum absolute atomic E-state index is 13.3. The second-order valence-electron chi connectivity index (χ2n) is 6.55. The summed E-state index contributed by atoms with van der Waals surface area (Å²) >= 11 is 0. The molecule has 3 aromatic rings. The van der Waals surface area contributed by atoms with E-state index in [9.17, 15) is 13.2 Å².